The summed E-state index contributed by atoms with van der Waals surface area (Å²) in [5.74, 6) is 1.92. The largest absolute Gasteiger partial charge is 0.497 e. The fourth-order valence-electron chi connectivity index (χ4n) is 3.51. The first kappa shape index (κ1) is 16.8. The molecule has 5 heteroatoms. The Bertz CT molecular complexity index is 886. The van der Waals surface area contributed by atoms with Crippen molar-refractivity contribution in [1.82, 2.24) is 14.9 Å². The summed E-state index contributed by atoms with van der Waals surface area (Å²) in [6, 6.07) is 12.3. The molecule has 1 aromatic carbocycles. The molecule has 0 N–H and O–H groups in total. The van der Waals surface area contributed by atoms with Gasteiger partial charge in [0.05, 0.1) is 12.8 Å². The van der Waals surface area contributed by atoms with Crippen molar-refractivity contribution in [1.29, 1.82) is 0 Å². The fourth-order valence-corrected chi connectivity index (χ4v) is 3.51. The predicted octanol–water partition coefficient (Wildman–Crippen LogP) is 3.45. The molecule has 3 aromatic rings. The second kappa shape index (κ2) is 7.30. The first-order valence-electron chi connectivity index (χ1n) is 9.15. The van der Waals surface area contributed by atoms with Gasteiger partial charge in [-0.15, -0.1) is 0 Å². The molecule has 1 aliphatic heterocycles. The number of fused-ring (bicyclic) bond motifs is 1. The van der Waals surface area contributed by atoms with Crippen LogP contribution in [0.4, 0.5) is 5.82 Å². The van der Waals surface area contributed by atoms with Gasteiger partial charge >= 0.3 is 0 Å². The van der Waals surface area contributed by atoms with Gasteiger partial charge in [0, 0.05) is 54.9 Å². The molecule has 0 radical (unpaired) electrons. The summed E-state index contributed by atoms with van der Waals surface area (Å²) in [6.45, 7) is 7.50. The highest BCUT2D eigenvalue weighted by molar-refractivity contribution is 5.94. The maximum absolute atomic E-state index is 5.27. The Labute approximate surface area is 154 Å². The highest BCUT2D eigenvalue weighted by atomic mass is 16.5. The number of benzene rings is 1. The molecule has 26 heavy (non-hydrogen) atoms. The molecule has 0 saturated carbocycles. The molecule has 134 valence electrons. The number of pyridine rings is 2. The van der Waals surface area contributed by atoms with Crippen molar-refractivity contribution in [2.45, 2.75) is 6.92 Å². The Morgan fingerprint density at radius 3 is 2.50 bits per heavy atom. The maximum Gasteiger partial charge on any atom is 0.137 e. The third-order valence-electron chi connectivity index (χ3n) is 5.12. The van der Waals surface area contributed by atoms with E-state index >= 15 is 0 Å². The number of ether oxygens (including phenoxy) is 1. The molecule has 0 spiro atoms. The van der Waals surface area contributed by atoms with E-state index in [1.807, 2.05) is 24.5 Å². The number of hydrogen-bond acceptors (Lipinski definition) is 5. The van der Waals surface area contributed by atoms with E-state index in [1.54, 1.807) is 7.11 Å². The van der Waals surface area contributed by atoms with Crippen molar-refractivity contribution in [2.75, 3.05) is 44.7 Å². The molecule has 2 aromatic heterocycles. The number of methoxy groups -OCH3 is 1. The maximum atomic E-state index is 5.27. The number of hydrogen-bond donors (Lipinski definition) is 0. The molecule has 1 fully saturated rings. The van der Waals surface area contributed by atoms with E-state index in [1.165, 1.54) is 5.39 Å². The quantitative estimate of drug-likeness (QED) is 0.722. The Hall–Kier alpha value is -2.66. The van der Waals surface area contributed by atoms with Gasteiger partial charge in [-0.25, -0.2) is 4.98 Å². The summed E-state index contributed by atoms with van der Waals surface area (Å²) < 4.78 is 5.27. The molecule has 0 unspecified atom stereocenters. The van der Waals surface area contributed by atoms with Crippen LogP contribution in [0.1, 0.15) is 6.92 Å². The number of rotatable bonds is 4. The standard InChI is InChI=1S/C21H24N4O/c1-3-24-10-12-25(13-11-24)21-19-8-9-22-15-17(19)14-20(23-21)16-4-6-18(26-2)7-5-16/h4-9,14-15H,3,10-13H2,1-2H3. The van der Waals surface area contributed by atoms with Crippen LogP contribution in [-0.2, 0) is 0 Å². The lowest BCUT2D eigenvalue weighted by Crippen LogP contribution is -2.46. The van der Waals surface area contributed by atoms with E-state index in [0.717, 1.165) is 60.9 Å². The lowest BCUT2D eigenvalue weighted by molar-refractivity contribution is 0.271. The van der Waals surface area contributed by atoms with Crippen LogP contribution in [0.3, 0.4) is 0 Å². The summed E-state index contributed by atoms with van der Waals surface area (Å²) in [6.07, 6.45) is 3.78. The Morgan fingerprint density at radius 2 is 1.81 bits per heavy atom. The molecule has 0 atom stereocenters. The normalized spacial score (nSPS) is 15.4. The highest BCUT2D eigenvalue weighted by Gasteiger charge is 2.19. The second-order valence-electron chi connectivity index (χ2n) is 6.58. The third kappa shape index (κ3) is 3.22. The molecule has 4 rings (SSSR count). The molecule has 1 aliphatic rings. The Kier molecular flexibility index (Phi) is 4.71. The van der Waals surface area contributed by atoms with Crippen LogP contribution in [-0.4, -0.2) is 54.7 Å². The van der Waals surface area contributed by atoms with Gasteiger partial charge in [0.25, 0.3) is 0 Å². The van der Waals surface area contributed by atoms with Crippen LogP contribution in [0.25, 0.3) is 22.0 Å². The van der Waals surface area contributed by atoms with Crippen molar-refractivity contribution in [3.63, 3.8) is 0 Å². The number of piperazine rings is 1. The smallest absolute Gasteiger partial charge is 0.137 e. The number of likely N-dealkylation sites (N-methyl/N-ethyl adjacent to an activating group) is 1. The summed E-state index contributed by atoms with van der Waals surface area (Å²) >= 11 is 0. The fraction of sp³-hybridized carbons (Fsp3) is 0.333. The van der Waals surface area contributed by atoms with Crippen molar-refractivity contribution in [3.05, 3.63) is 48.8 Å². The zero-order valence-corrected chi connectivity index (χ0v) is 15.4. The van der Waals surface area contributed by atoms with E-state index in [9.17, 15) is 0 Å². The van der Waals surface area contributed by atoms with E-state index in [-0.39, 0.29) is 0 Å². The first-order valence-corrected chi connectivity index (χ1v) is 9.15. The van der Waals surface area contributed by atoms with Crippen LogP contribution in [0.15, 0.2) is 48.8 Å². The van der Waals surface area contributed by atoms with Crippen molar-refractivity contribution < 1.29 is 4.74 Å². The average molecular weight is 348 g/mol. The monoisotopic (exact) mass is 348 g/mol. The highest BCUT2D eigenvalue weighted by Crippen LogP contribution is 2.30. The minimum absolute atomic E-state index is 0.854. The lowest BCUT2D eigenvalue weighted by Gasteiger charge is -2.35. The lowest BCUT2D eigenvalue weighted by atomic mass is 10.1. The second-order valence-corrected chi connectivity index (χ2v) is 6.58. The molecule has 0 bridgehead atoms. The van der Waals surface area contributed by atoms with Gasteiger partial charge in [-0.2, -0.15) is 0 Å². The van der Waals surface area contributed by atoms with Gasteiger partial charge in [0.15, 0.2) is 0 Å². The SMILES string of the molecule is CCN1CCN(c2nc(-c3ccc(OC)cc3)cc3cnccc23)CC1. The zero-order chi connectivity index (χ0) is 17.9. The number of aromatic nitrogens is 2. The predicted molar refractivity (Wildman–Crippen MR) is 106 cm³/mol. The zero-order valence-electron chi connectivity index (χ0n) is 15.4. The molecule has 1 saturated heterocycles. The summed E-state index contributed by atoms with van der Waals surface area (Å²) in [4.78, 5) is 14.2. The van der Waals surface area contributed by atoms with Crippen LogP contribution in [0.2, 0.25) is 0 Å². The number of nitrogens with zero attached hydrogens (tertiary/aromatic N) is 4. The molecular weight excluding hydrogens is 324 g/mol. The average Bonchev–Trinajstić information content (AvgIpc) is 2.73. The van der Waals surface area contributed by atoms with Gasteiger partial charge in [-0.1, -0.05) is 6.92 Å². The van der Waals surface area contributed by atoms with Crippen molar-refractivity contribution in [3.8, 4) is 17.0 Å². The molecule has 5 nitrogen and oxygen atoms in total. The Balaban J connectivity index is 1.75. The van der Waals surface area contributed by atoms with E-state index in [2.05, 4.69) is 46.0 Å². The molecule has 0 aliphatic carbocycles. The summed E-state index contributed by atoms with van der Waals surface area (Å²) in [5, 5.41) is 2.29. The van der Waals surface area contributed by atoms with E-state index in [0.29, 0.717) is 0 Å². The van der Waals surface area contributed by atoms with E-state index in [4.69, 9.17) is 9.72 Å². The van der Waals surface area contributed by atoms with Crippen molar-refractivity contribution in [2.24, 2.45) is 0 Å². The number of anilines is 1. The summed E-state index contributed by atoms with van der Waals surface area (Å²) in [7, 11) is 1.68. The molecule has 0 amide bonds. The van der Waals surface area contributed by atoms with Gasteiger partial charge in [0.1, 0.15) is 11.6 Å². The first-order chi connectivity index (χ1) is 12.8. The van der Waals surface area contributed by atoms with E-state index < -0.39 is 0 Å². The van der Waals surface area contributed by atoms with Gasteiger partial charge in [0.2, 0.25) is 0 Å². The summed E-state index contributed by atoms with van der Waals surface area (Å²) in [5.41, 5.74) is 2.06. The van der Waals surface area contributed by atoms with Gasteiger partial charge in [-0.3, -0.25) is 4.98 Å². The topological polar surface area (TPSA) is 41.5 Å². The molecular formula is C21H24N4O. The van der Waals surface area contributed by atoms with Crippen LogP contribution >= 0.6 is 0 Å². The minimum atomic E-state index is 0.854. The molecule has 3 heterocycles. The van der Waals surface area contributed by atoms with Crippen molar-refractivity contribution >= 4 is 16.6 Å². The van der Waals surface area contributed by atoms with Crippen LogP contribution in [0, 0.1) is 0 Å². The van der Waals surface area contributed by atoms with Crippen LogP contribution < -0.4 is 9.64 Å². The van der Waals surface area contributed by atoms with Gasteiger partial charge in [-0.05, 0) is 42.9 Å². The minimum Gasteiger partial charge on any atom is -0.497 e. The Morgan fingerprint density at radius 1 is 1.04 bits per heavy atom. The third-order valence-corrected chi connectivity index (χ3v) is 5.12. The van der Waals surface area contributed by atoms with Crippen LogP contribution in [0.5, 0.6) is 5.75 Å². The van der Waals surface area contributed by atoms with Gasteiger partial charge < -0.3 is 14.5 Å².